The van der Waals surface area contributed by atoms with Gasteiger partial charge in [0.15, 0.2) is 5.96 Å². The van der Waals surface area contributed by atoms with Crippen molar-refractivity contribution in [3.8, 4) is 11.5 Å². The number of carboxylic acid groups (broad SMARTS) is 3. The van der Waals surface area contributed by atoms with Crippen LogP contribution in [0.5, 0.6) is 11.5 Å². The van der Waals surface area contributed by atoms with Gasteiger partial charge < -0.3 is 107 Å². The fourth-order valence-electron chi connectivity index (χ4n) is 7.58. The van der Waals surface area contributed by atoms with Gasteiger partial charge in [-0.05, 0) is 74.4 Å². The number of carbonyl (C=O) groups is 13. The fraction of sp³-hybridized carbons (Fsp3) is 0.480. The van der Waals surface area contributed by atoms with Crippen LogP contribution in [0.4, 0.5) is 0 Å². The van der Waals surface area contributed by atoms with E-state index in [-0.39, 0.29) is 48.8 Å². The van der Waals surface area contributed by atoms with Crippen molar-refractivity contribution >= 4 is 82.9 Å². The van der Waals surface area contributed by atoms with E-state index in [1.54, 1.807) is 0 Å². The number of aliphatic hydroxyl groups is 2. The molecule has 0 fully saturated rings. The minimum Gasteiger partial charge on any atom is -0.508 e. The third kappa shape index (κ3) is 26.3. The maximum Gasteiger partial charge on any atom is 0.326 e. The Bertz CT molecular complexity index is 2690. The number of aliphatic hydroxyl groups excluding tert-OH is 2. The van der Waals surface area contributed by atoms with Crippen molar-refractivity contribution in [3.05, 3.63) is 59.7 Å². The number of amides is 10. The summed E-state index contributed by atoms with van der Waals surface area (Å²) in [5, 5.41) is 86.7. The smallest absolute Gasteiger partial charge is 0.326 e. The highest BCUT2D eigenvalue weighted by Crippen LogP contribution is 2.15. The Morgan fingerprint density at radius 3 is 1.31 bits per heavy atom. The Morgan fingerprint density at radius 2 is 0.869 bits per heavy atom. The second-order valence-electron chi connectivity index (χ2n) is 19.0. The molecular formula is C50H72N14O20. The molecule has 0 saturated heterocycles. The van der Waals surface area contributed by atoms with Gasteiger partial charge in [-0.25, -0.2) is 4.79 Å². The molecule has 0 bridgehead atoms. The first-order valence-corrected chi connectivity index (χ1v) is 25.7. The van der Waals surface area contributed by atoms with Crippen molar-refractivity contribution in [2.75, 3.05) is 13.2 Å². The van der Waals surface area contributed by atoms with E-state index in [4.69, 9.17) is 33.8 Å². The standard InChI is InChI=1S/C50H72N14O20/c1-23(66)40(48(82)62-33(20-25-6-10-27(68)11-7-25)44(78)59-31(49(83)84)3-2-18-56-50(54)55)64-47(81)35(22-65)63-46(80)34(21-37(53)70)61-45(79)32(19-24-4-8-26(67)9-5-24)60-43(77)29(13-15-36(52)69)58-42(76)30(14-17-39(73)74)57-41(75)28(51)12-16-38(71)72/h4-11,23,28-35,40,65-68H,2-3,12-22,51H2,1H3,(H2,52,69)(H2,53,70)(H,57,75)(H,58,76)(H,59,78)(H,60,77)(H,61,79)(H,62,82)(H,63,80)(H,64,81)(H,71,72)(H,73,74)(H,83,84)(H4,54,55,56)/t23-,28+,29+,30+,31+,32+,33+,34+,35+,40+/m1/s1. The number of aliphatic carboxylic acids is 3. The molecule has 2 rings (SSSR count). The number of phenols is 2. The van der Waals surface area contributed by atoms with Crippen LogP contribution in [0.15, 0.2) is 53.5 Å². The monoisotopic (exact) mass is 1190 g/mol. The van der Waals surface area contributed by atoms with Crippen LogP contribution in [0.1, 0.15) is 75.8 Å². The molecule has 84 heavy (non-hydrogen) atoms. The number of rotatable bonds is 38. The van der Waals surface area contributed by atoms with Crippen LogP contribution in [0.25, 0.3) is 0 Å². The third-order valence-electron chi connectivity index (χ3n) is 12.1. The first-order valence-electron chi connectivity index (χ1n) is 25.7. The second-order valence-corrected chi connectivity index (χ2v) is 19.0. The quantitative estimate of drug-likeness (QED) is 0.0169. The average molecular weight is 1190 g/mol. The largest absolute Gasteiger partial charge is 0.508 e. The highest BCUT2D eigenvalue weighted by Gasteiger charge is 2.37. The molecule has 0 aliphatic rings. The predicted molar refractivity (Wildman–Crippen MR) is 289 cm³/mol. The van der Waals surface area contributed by atoms with Gasteiger partial charge in [-0.15, -0.1) is 0 Å². The first kappa shape index (κ1) is 70.4. The summed E-state index contributed by atoms with van der Waals surface area (Å²) >= 11 is 0. The Labute approximate surface area is 478 Å². The van der Waals surface area contributed by atoms with Crippen LogP contribution >= 0.6 is 0 Å². The molecule has 0 radical (unpaired) electrons. The number of hydrogen-bond acceptors (Lipinski definition) is 19. The van der Waals surface area contributed by atoms with Gasteiger partial charge in [-0.1, -0.05) is 24.3 Å². The predicted octanol–water partition coefficient (Wildman–Crippen LogP) is -7.53. The molecule has 0 spiro atoms. The molecule has 462 valence electrons. The van der Waals surface area contributed by atoms with Gasteiger partial charge >= 0.3 is 17.9 Å². The molecule has 2 aromatic rings. The number of nitrogens with zero attached hydrogens (tertiary/aromatic N) is 1. The molecule has 0 saturated carbocycles. The van der Waals surface area contributed by atoms with Crippen molar-refractivity contribution < 1.29 is 98.1 Å². The second kappa shape index (κ2) is 35.2. The van der Waals surface area contributed by atoms with Crippen molar-refractivity contribution in [1.29, 1.82) is 0 Å². The van der Waals surface area contributed by atoms with E-state index in [1.807, 2.05) is 0 Å². The number of aromatic hydroxyl groups is 2. The van der Waals surface area contributed by atoms with Gasteiger partial charge in [0.05, 0.1) is 25.2 Å². The summed E-state index contributed by atoms with van der Waals surface area (Å²) in [6, 6.07) is -5.80. The maximum atomic E-state index is 14.2. The lowest BCUT2D eigenvalue weighted by Gasteiger charge is -2.28. The summed E-state index contributed by atoms with van der Waals surface area (Å²) in [4.78, 5) is 173. The summed E-state index contributed by atoms with van der Waals surface area (Å²) in [5.74, 6) is -16.9. The zero-order valence-corrected chi connectivity index (χ0v) is 45.4. The van der Waals surface area contributed by atoms with Gasteiger partial charge in [0.25, 0.3) is 0 Å². The Balaban J connectivity index is 2.46. The van der Waals surface area contributed by atoms with Crippen LogP contribution in [0.2, 0.25) is 0 Å². The first-order chi connectivity index (χ1) is 39.4. The van der Waals surface area contributed by atoms with Crippen LogP contribution in [-0.2, 0) is 75.2 Å². The number of carbonyl (C=O) groups excluding carboxylic acids is 10. The Kier molecular flexibility index (Phi) is 29.5. The van der Waals surface area contributed by atoms with Crippen molar-refractivity contribution in [3.63, 3.8) is 0 Å². The number of phenolic OH excluding ortho intramolecular Hbond substituents is 2. The minimum absolute atomic E-state index is 0.00287. The van der Waals surface area contributed by atoms with E-state index in [2.05, 4.69) is 47.5 Å². The van der Waals surface area contributed by atoms with E-state index in [9.17, 15) is 93.0 Å². The van der Waals surface area contributed by atoms with Gasteiger partial charge in [0.1, 0.15) is 59.8 Å². The number of benzene rings is 2. The number of aliphatic imine (C=N–C) groups is 1. The Hall–Kier alpha value is -9.70. The number of nitrogens with one attached hydrogen (secondary N) is 8. The molecule has 34 heteroatoms. The van der Waals surface area contributed by atoms with Crippen molar-refractivity contribution in [2.45, 2.75) is 138 Å². The van der Waals surface area contributed by atoms with Crippen molar-refractivity contribution in [2.24, 2.45) is 33.7 Å². The maximum absolute atomic E-state index is 14.2. The van der Waals surface area contributed by atoms with Crippen LogP contribution < -0.4 is 71.2 Å². The normalized spacial score (nSPS) is 14.4. The van der Waals surface area contributed by atoms with Crippen LogP contribution in [0, 0.1) is 0 Å². The summed E-state index contributed by atoms with van der Waals surface area (Å²) in [6.07, 6.45) is -7.20. The van der Waals surface area contributed by atoms with Crippen LogP contribution in [0.3, 0.4) is 0 Å². The highest BCUT2D eigenvalue weighted by atomic mass is 16.4. The minimum atomic E-state index is -2.06. The van der Waals surface area contributed by atoms with Gasteiger partial charge in [-0.2, -0.15) is 0 Å². The lowest BCUT2D eigenvalue weighted by molar-refractivity contribution is -0.142. The van der Waals surface area contributed by atoms with Crippen LogP contribution in [-0.4, -0.2) is 192 Å². The zero-order chi connectivity index (χ0) is 63.4. The number of guanidine groups is 1. The summed E-state index contributed by atoms with van der Waals surface area (Å²) < 4.78 is 0. The number of nitrogens with two attached hydrogens (primary N) is 5. The topological polar surface area (TPSA) is 602 Å². The summed E-state index contributed by atoms with van der Waals surface area (Å²) in [5.41, 5.74) is 27.7. The summed E-state index contributed by atoms with van der Waals surface area (Å²) in [6.45, 7) is -0.221. The number of carboxylic acids is 3. The molecule has 0 heterocycles. The molecule has 2 aromatic carbocycles. The van der Waals surface area contributed by atoms with E-state index in [0.717, 1.165) is 6.92 Å². The van der Waals surface area contributed by atoms with Crippen molar-refractivity contribution in [1.82, 2.24) is 42.5 Å². The van der Waals surface area contributed by atoms with E-state index < -0.39 is 195 Å². The summed E-state index contributed by atoms with van der Waals surface area (Å²) in [7, 11) is 0. The molecule has 0 aromatic heterocycles. The molecule has 0 aliphatic heterocycles. The number of hydrogen-bond donors (Lipinski definition) is 20. The van der Waals surface area contributed by atoms with Gasteiger partial charge in [-0.3, -0.25) is 62.5 Å². The molecule has 10 atom stereocenters. The third-order valence-corrected chi connectivity index (χ3v) is 12.1. The molecule has 0 unspecified atom stereocenters. The van der Waals surface area contributed by atoms with Gasteiger partial charge in [0, 0.05) is 38.6 Å². The molecule has 0 aliphatic carbocycles. The van der Waals surface area contributed by atoms with E-state index in [0.29, 0.717) is 5.56 Å². The highest BCUT2D eigenvalue weighted by molar-refractivity contribution is 5.99. The lowest BCUT2D eigenvalue weighted by Crippen LogP contribution is -2.62. The van der Waals surface area contributed by atoms with E-state index >= 15 is 0 Å². The van der Waals surface area contributed by atoms with Gasteiger partial charge in [0.2, 0.25) is 59.1 Å². The van der Waals surface area contributed by atoms with E-state index in [1.165, 1.54) is 48.5 Å². The number of primary amides is 2. The zero-order valence-electron chi connectivity index (χ0n) is 45.4. The molecule has 10 amide bonds. The fourth-order valence-corrected chi connectivity index (χ4v) is 7.58. The molecule has 34 nitrogen and oxygen atoms in total. The molecular weight excluding hydrogens is 1120 g/mol. The molecule has 25 N–H and O–H groups in total. The Morgan fingerprint density at radius 1 is 0.476 bits per heavy atom. The SMILES string of the molecule is C[C@@H](O)[C@H](NC(=O)[C@H](CO)NC(=O)[C@H](CC(N)=O)NC(=O)[C@H](Cc1ccc(O)cc1)NC(=O)[C@H](CCC(N)=O)NC(=O)[C@H](CCC(=O)O)NC(=O)[C@@H](N)CCC(=O)O)C(=O)N[C@@H](Cc1ccc(O)cc1)C(=O)N[C@@H](CCCN=C(N)N)C(=O)O. The lowest BCUT2D eigenvalue weighted by atomic mass is 10.0. The average Bonchev–Trinajstić information content (AvgIpc) is 3.58.